The summed E-state index contributed by atoms with van der Waals surface area (Å²) in [6, 6.07) is 3.90. The second-order valence-electron chi connectivity index (χ2n) is 13.4. The van der Waals surface area contributed by atoms with Crippen LogP contribution in [0.3, 0.4) is 0 Å². The third-order valence-corrected chi connectivity index (χ3v) is 10.5. The van der Waals surface area contributed by atoms with E-state index in [-0.39, 0.29) is 65.2 Å². The van der Waals surface area contributed by atoms with E-state index in [1.54, 1.807) is 15.5 Å². The Hall–Kier alpha value is -4.10. The van der Waals surface area contributed by atoms with Crippen LogP contribution in [0.2, 0.25) is 5.02 Å². The number of piperazine rings is 1. The van der Waals surface area contributed by atoms with E-state index in [0.717, 1.165) is 49.2 Å². The predicted molar refractivity (Wildman–Crippen MR) is 178 cm³/mol. The van der Waals surface area contributed by atoms with Crippen LogP contribution in [0.25, 0.3) is 22.0 Å². The predicted octanol–water partition coefficient (Wildman–Crippen LogP) is 4.75. The molecule has 48 heavy (non-hydrogen) atoms. The van der Waals surface area contributed by atoms with E-state index in [4.69, 9.17) is 16.3 Å². The lowest BCUT2D eigenvalue weighted by Crippen LogP contribution is -2.58. The van der Waals surface area contributed by atoms with Crippen LogP contribution < -0.4 is 15.3 Å². The van der Waals surface area contributed by atoms with E-state index < -0.39 is 23.4 Å². The highest BCUT2D eigenvalue weighted by molar-refractivity contribution is 6.35. The molecule has 3 aromatic rings. The minimum Gasteiger partial charge on any atom is -0.488 e. The van der Waals surface area contributed by atoms with Crippen molar-refractivity contribution in [1.82, 2.24) is 24.4 Å². The number of likely N-dealkylation sites (tertiary alicyclic amines) is 1. The van der Waals surface area contributed by atoms with Crippen LogP contribution in [0, 0.1) is 16.5 Å². The molecule has 1 amide bonds. The molecular formula is C34H39ClF2N7O4+. The zero-order chi connectivity index (χ0) is 34.0. The summed E-state index contributed by atoms with van der Waals surface area (Å²) in [4.78, 5) is 52.0. The zero-order valence-corrected chi connectivity index (χ0v) is 28.0. The zero-order valence-electron chi connectivity index (χ0n) is 27.2. The smallest absolute Gasteiger partial charge is 0.350 e. The van der Waals surface area contributed by atoms with Crippen molar-refractivity contribution < 1.29 is 23.2 Å². The van der Waals surface area contributed by atoms with Crippen molar-refractivity contribution >= 4 is 34.2 Å². The minimum atomic E-state index is -0.825. The lowest BCUT2D eigenvalue weighted by molar-refractivity contribution is -0.751. The minimum absolute atomic E-state index is 0.00648. The van der Waals surface area contributed by atoms with Gasteiger partial charge in [-0.3, -0.25) is 9.36 Å². The van der Waals surface area contributed by atoms with Gasteiger partial charge in [-0.1, -0.05) is 18.2 Å². The lowest BCUT2D eigenvalue weighted by atomic mass is 9.99. The first kappa shape index (κ1) is 32.4. The second kappa shape index (κ2) is 12.4. The monoisotopic (exact) mass is 682 g/mol. The van der Waals surface area contributed by atoms with Gasteiger partial charge in [-0.2, -0.15) is 4.98 Å². The maximum absolute atomic E-state index is 15.3. The van der Waals surface area contributed by atoms with Gasteiger partial charge in [0.15, 0.2) is 5.75 Å². The van der Waals surface area contributed by atoms with E-state index in [1.807, 2.05) is 35.7 Å². The SMILES string of the molecule is C=CC(=O)N1C[C@H](C)N(c2nc(=O)n3c4c(c(-c5ccc(F)cc5F)c(Cl)cc24)OC[C@@H]3CN(C2CC2)[N+](=O)[C@@H]2CCCN2C)C[C@H]1C. The number of hydrazine groups is 1. The van der Waals surface area contributed by atoms with Crippen molar-refractivity contribution in [3.05, 3.63) is 69.0 Å². The van der Waals surface area contributed by atoms with Crippen LogP contribution in [0.4, 0.5) is 14.6 Å². The fourth-order valence-corrected chi connectivity index (χ4v) is 7.82. The lowest BCUT2D eigenvalue weighted by Gasteiger charge is -2.45. The van der Waals surface area contributed by atoms with Gasteiger partial charge in [0.2, 0.25) is 5.91 Å². The summed E-state index contributed by atoms with van der Waals surface area (Å²) in [6.07, 6.45) is 4.43. The van der Waals surface area contributed by atoms with Crippen LogP contribution in [0.15, 0.2) is 41.7 Å². The fourth-order valence-electron chi connectivity index (χ4n) is 7.52. The van der Waals surface area contributed by atoms with Gasteiger partial charge in [0.1, 0.15) is 35.5 Å². The molecule has 0 unspecified atom stereocenters. The van der Waals surface area contributed by atoms with Crippen molar-refractivity contribution in [2.75, 3.05) is 44.7 Å². The number of hydrogen-bond donors (Lipinski definition) is 0. The number of aromatic nitrogens is 2. The molecule has 4 aliphatic rings. The Balaban J connectivity index is 1.38. The molecule has 0 N–H and O–H groups in total. The summed E-state index contributed by atoms with van der Waals surface area (Å²) in [5.74, 6) is -1.19. The van der Waals surface area contributed by atoms with Gasteiger partial charge < -0.3 is 14.5 Å². The normalized spacial score (nSPS) is 24.1. The van der Waals surface area contributed by atoms with Gasteiger partial charge in [0.05, 0.1) is 27.5 Å². The second-order valence-corrected chi connectivity index (χ2v) is 13.8. The average molecular weight is 683 g/mol. The summed E-state index contributed by atoms with van der Waals surface area (Å²) in [5, 5.41) is 2.47. The van der Waals surface area contributed by atoms with Crippen LogP contribution in [0.1, 0.15) is 45.6 Å². The molecule has 1 aromatic heterocycles. The highest BCUT2D eigenvalue weighted by atomic mass is 35.5. The van der Waals surface area contributed by atoms with E-state index in [9.17, 15) is 18.9 Å². The molecule has 254 valence electrons. The molecule has 1 aliphatic carbocycles. The molecule has 4 heterocycles. The first-order valence-corrected chi connectivity index (χ1v) is 16.9. The third kappa shape index (κ3) is 5.50. The number of hydrogen-bond acceptors (Lipinski definition) is 7. The molecule has 0 bridgehead atoms. The maximum atomic E-state index is 15.3. The molecule has 4 atom stereocenters. The number of halogens is 3. The number of carbonyl (C=O) groups is 1. The van der Waals surface area contributed by atoms with Crippen LogP contribution >= 0.6 is 11.6 Å². The Morgan fingerprint density at radius 2 is 1.96 bits per heavy atom. The standard InChI is InChI=1S/C34H39ClF2N7O4/c1-5-29(45)40-15-20(3)41(16-19(40)2)33-25-14-26(35)30(24-11-8-21(36)13-27(24)37)32-31(25)43(34(46)38-33)23(18-48-32)17-42(22-9-10-22)44(47)28-7-6-12-39(28)4/h5,8,11,13-14,19-20,22-23,28H,1,6-7,9-10,12,15-18H2,2-4H3/q+1/t19-,20+,23+,28-/m1/s1. The Bertz CT molecular complexity index is 1880. The summed E-state index contributed by atoms with van der Waals surface area (Å²) in [5.41, 5.74) is 0.0584. The van der Waals surface area contributed by atoms with Crippen LogP contribution in [-0.4, -0.2) is 99.3 Å². The number of ether oxygens (including phenoxy) is 1. The maximum Gasteiger partial charge on any atom is 0.350 e. The Morgan fingerprint density at radius 1 is 1.19 bits per heavy atom. The van der Waals surface area contributed by atoms with Gasteiger partial charge >= 0.3 is 5.69 Å². The third-order valence-electron chi connectivity index (χ3n) is 10.2. The van der Waals surface area contributed by atoms with Crippen LogP contribution in [-0.2, 0) is 4.79 Å². The van der Waals surface area contributed by atoms with E-state index in [1.165, 1.54) is 12.1 Å². The summed E-state index contributed by atoms with van der Waals surface area (Å²) >= 11 is 6.91. The van der Waals surface area contributed by atoms with Gasteiger partial charge in [-0.25, -0.2) is 18.5 Å². The van der Waals surface area contributed by atoms with Gasteiger partial charge in [0.25, 0.3) is 6.17 Å². The van der Waals surface area contributed by atoms with Crippen molar-refractivity contribution in [3.63, 3.8) is 0 Å². The van der Waals surface area contributed by atoms with Crippen molar-refractivity contribution in [2.45, 2.75) is 69.9 Å². The van der Waals surface area contributed by atoms with E-state index in [2.05, 4.69) is 11.6 Å². The summed E-state index contributed by atoms with van der Waals surface area (Å²) in [7, 11) is 1.94. The van der Waals surface area contributed by atoms with E-state index in [0.29, 0.717) is 29.8 Å². The molecule has 0 radical (unpaired) electrons. The Labute approximate surface area is 281 Å². The average Bonchev–Trinajstić information content (AvgIpc) is 3.81. The number of nitroso groups, excluding NO2 is 1. The summed E-state index contributed by atoms with van der Waals surface area (Å²) < 4.78 is 37.2. The van der Waals surface area contributed by atoms with Gasteiger partial charge in [-0.05, 0) is 64.4 Å². The molecule has 14 heteroatoms. The highest BCUT2D eigenvalue weighted by Gasteiger charge is 2.47. The first-order chi connectivity index (χ1) is 23.0. The van der Waals surface area contributed by atoms with E-state index >= 15 is 4.39 Å². The summed E-state index contributed by atoms with van der Waals surface area (Å²) in [6.45, 7) is 9.31. The van der Waals surface area contributed by atoms with Crippen LogP contribution in [0.5, 0.6) is 5.75 Å². The number of amides is 1. The van der Waals surface area contributed by atoms with Crippen molar-refractivity contribution in [3.8, 4) is 16.9 Å². The van der Waals surface area contributed by atoms with Gasteiger partial charge in [-0.15, -0.1) is 5.01 Å². The first-order valence-electron chi connectivity index (χ1n) is 16.5. The quantitative estimate of drug-likeness (QED) is 0.191. The molecule has 2 saturated heterocycles. The molecule has 7 rings (SSSR count). The van der Waals surface area contributed by atoms with Crippen molar-refractivity contribution in [2.24, 2.45) is 0 Å². The number of rotatable bonds is 8. The molecule has 1 saturated carbocycles. The molecule has 3 fully saturated rings. The number of nitrogens with zero attached hydrogens (tertiary/aromatic N) is 7. The number of carbonyl (C=O) groups excluding carboxylic acids is 1. The highest BCUT2D eigenvalue weighted by Crippen LogP contribution is 2.47. The fraction of sp³-hybridized carbons (Fsp3) is 0.500. The molecular weight excluding hydrogens is 644 g/mol. The Kier molecular flexibility index (Phi) is 8.39. The molecule has 3 aliphatic heterocycles. The molecule has 2 aromatic carbocycles. The number of anilines is 1. The van der Waals surface area contributed by atoms with Crippen molar-refractivity contribution in [1.29, 1.82) is 0 Å². The largest absolute Gasteiger partial charge is 0.488 e. The molecule has 0 spiro atoms. The topological polar surface area (TPSA) is 94.2 Å². The molecule has 11 nitrogen and oxygen atoms in total. The Morgan fingerprint density at radius 3 is 2.62 bits per heavy atom. The number of benzene rings is 2. The van der Waals surface area contributed by atoms with Gasteiger partial charge in [0, 0.05) is 60.7 Å².